The Morgan fingerprint density at radius 3 is 2.79 bits per heavy atom. The second-order valence-corrected chi connectivity index (χ2v) is 8.21. The highest BCUT2D eigenvalue weighted by Crippen LogP contribution is 2.29. The number of benzene rings is 1. The molecule has 0 bridgehead atoms. The molecule has 0 spiro atoms. The van der Waals surface area contributed by atoms with Crippen molar-refractivity contribution in [2.75, 3.05) is 26.2 Å². The number of nitrogens with zero attached hydrogens (tertiary/aromatic N) is 3. The highest BCUT2D eigenvalue weighted by atomic mass is 35.5. The number of piperidine rings is 2. The van der Waals surface area contributed by atoms with E-state index in [1.54, 1.807) is 11.0 Å². The number of hydrogen-bond acceptors (Lipinski definition) is 5. The molecule has 0 radical (unpaired) electrons. The SMILES string of the molecule is O=C(c1cc(C2CCCN(Cc3ccccc3Cl)C2)no1)N1CCC(O)CC1. The van der Waals surface area contributed by atoms with E-state index in [0.29, 0.717) is 31.7 Å². The van der Waals surface area contributed by atoms with E-state index in [-0.39, 0.29) is 17.9 Å². The number of carbonyl (C=O) groups excluding carboxylic acids is 1. The van der Waals surface area contributed by atoms with Crippen molar-refractivity contribution in [3.8, 4) is 0 Å². The van der Waals surface area contributed by atoms with Crippen LogP contribution in [0.2, 0.25) is 5.02 Å². The standard InChI is InChI=1S/C21H26ClN3O3/c22-18-6-2-1-4-15(18)13-24-9-3-5-16(14-24)19-12-20(28-23-19)21(27)25-10-7-17(26)8-11-25/h1-2,4,6,12,16-17,26H,3,5,7-11,13-14H2. The Hall–Kier alpha value is -1.89. The Morgan fingerprint density at radius 2 is 2.00 bits per heavy atom. The van der Waals surface area contributed by atoms with Crippen molar-refractivity contribution < 1.29 is 14.4 Å². The molecule has 2 fully saturated rings. The quantitative estimate of drug-likeness (QED) is 0.848. The first-order valence-electron chi connectivity index (χ1n) is 10.00. The van der Waals surface area contributed by atoms with Gasteiger partial charge in [0.2, 0.25) is 5.76 Å². The van der Waals surface area contributed by atoms with Crippen molar-refractivity contribution in [1.82, 2.24) is 15.0 Å². The molecule has 3 heterocycles. The van der Waals surface area contributed by atoms with Gasteiger partial charge < -0.3 is 14.5 Å². The van der Waals surface area contributed by atoms with Crippen LogP contribution in [0.4, 0.5) is 0 Å². The van der Waals surface area contributed by atoms with E-state index < -0.39 is 0 Å². The lowest BCUT2D eigenvalue weighted by Crippen LogP contribution is -2.39. The van der Waals surface area contributed by atoms with Crippen molar-refractivity contribution in [3.63, 3.8) is 0 Å². The minimum atomic E-state index is -0.305. The summed E-state index contributed by atoms with van der Waals surface area (Å²) in [5.41, 5.74) is 1.98. The Bertz CT molecular complexity index is 817. The van der Waals surface area contributed by atoms with Crippen LogP contribution >= 0.6 is 11.6 Å². The minimum absolute atomic E-state index is 0.130. The zero-order chi connectivity index (χ0) is 19.5. The van der Waals surface area contributed by atoms with Crippen LogP contribution in [0, 0.1) is 0 Å². The summed E-state index contributed by atoms with van der Waals surface area (Å²) < 4.78 is 5.39. The third kappa shape index (κ3) is 4.40. The number of carbonyl (C=O) groups is 1. The average Bonchev–Trinajstić information content (AvgIpc) is 3.20. The van der Waals surface area contributed by atoms with Gasteiger partial charge in [0.25, 0.3) is 5.91 Å². The third-order valence-corrected chi connectivity index (χ3v) is 6.14. The summed E-state index contributed by atoms with van der Waals surface area (Å²) in [7, 11) is 0. The van der Waals surface area contributed by atoms with Gasteiger partial charge in [0, 0.05) is 43.2 Å². The second kappa shape index (κ2) is 8.64. The Balaban J connectivity index is 1.39. The predicted octanol–water partition coefficient (Wildman–Crippen LogP) is 3.30. The number of aliphatic hydroxyl groups is 1. The molecule has 0 aliphatic carbocycles. The Labute approximate surface area is 170 Å². The number of hydrogen-bond donors (Lipinski definition) is 1. The molecular weight excluding hydrogens is 378 g/mol. The lowest BCUT2D eigenvalue weighted by molar-refractivity contribution is 0.0512. The van der Waals surface area contributed by atoms with Gasteiger partial charge in [0.1, 0.15) is 0 Å². The van der Waals surface area contributed by atoms with Crippen molar-refractivity contribution in [2.45, 2.75) is 44.2 Å². The Kier molecular flexibility index (Phi) is 5.99. The van der Waals surface area contributed by atoms with Gasteiger partial charge in [0.15, 0.2) is 0 Å². The summed E-state index contributed by atoms with van der Waals surface area (Å²) in [6.45, 7) is 3.84. The van der Waals surface area contributed by atoms with E-state index in [1.807, 2.05) is 18.2 Å². The average molecular weight is 404 g/mol. The summed E-state index contributed by atoms with van der Waals surface area (Å²) in [6, 6.07) is 9.75. The molecule has 150 valence electrons. The number of aliphatic hydroxyl groups excluding tert-OH is 1. The summed E-state index contributed by atoms with van der Waals surface area (Å²) in [6.07, 6.45) is 3.05. The normalized spacial score (nSPS) is 21.8. The van der Waals surface area contributed by atoms with Crippen LogP contribution in [-0.2, 0) is 6.54 Å². The maximum atomic E-state index is 12.6. The highest BCUT2D eigenvalue weighted by molar-refractivity contribution is 6.31. The summed E-state index contributed by atoms with van der Waals surface area (Å²) in [4.78, 5) is 16.8. The number of halogens is 1. The van der Waals surface area contributed by atoms with Gasteiger partial charge in [-0.3, -0.25) is 9.69 Å². The molecule has 2 saturated heterocycles. The van der Waals surface area contributed by atoms with Crippen molar-refractivity contribution in [1.29, 1.82) is 0 Å². The maximum absolute atomic E-state index is 12.6. The first-order valence-corrected chi connectivity index (χ1v) is 10.4. The molecular formula is C21H26ClN3O3. The van der Waals surface area contributed by atoms with E-state index in [2.05, 4.69) is 16.1 Å². The van der Waals surface area contributed by atoms with Crippen LogP contribution in [0.5, 0.6) is 0 Å². The van der Waals surface area contributed by atoms with E-state index in [1.165, 1.54) is 0 Å². The lowest BCUT2D eigenvalue weighted by Gasteiger charge is -2.31. The number of amides is 1. The summed E-state index contributed by atoms with van der Waals surface area (Å²) in [5, 5.41) is 14.6. The van der Waals surface area contributed by atoms with Crippen molar-refractivity contribution >= 4 is 17.5 Å². The van der Waals surface area contributed by atoms with Crippen molar-refractivity contribution in [3.05, 3.63) is 52.4 Å². The highest BCUT2D eigenvalue weighted by Gasteiger charge is 2.28. The van der Waals surface area contributed by atoms with Crippen LogP contribution in [0.1, 0.15) is 53.4 Å². The van der Waals surface area contributed by atoms with Crippen LogP contribution in [0.3, 0.4) is 0 Å². The van der Waals surface area contributed by atoms with E-state index in [9.17, 15) is 9.90 Å². The van der Waals surface area contributed by atoms with Gasteiger partial charge in [-0.15, -0.1) is 0 Å². The predicted molar refractivity (Wildman–Crippen MR) is 106 cm³/mol. The molecule has 1 unspecified atom stereocenters. The third-order valence-electron chi connectivity index (χ3n) is 5.77. The molecule has 2 aliphatic rings. The molecule has 6 nitrogen and oxygen atoms in total. The first-order chi connectivity index (χ1) is 13.6. The van der Waals surface area contributed by atoms with Gasteiger partial charge in [-0.1, -0.05) is 35.0 Å². The van der Waals surface area contributed by atoms with E-state index >= 15 is 0 Å². The van der Waals surface area contributed by atoms with Crippen molar-refractivity contribution in [2.24, 2.45) is 0 Å². The summed E-state index contributed by atoms with van der Waals surface area (Å²) >= 11 is 6.31. The number of aromatic nitrogens is 1. The van der Waals surface area contributed by atoms with Gasteiger partial charge in [-0.25, -0.2) is 0 Å². The Morgan fingerprint density at radius 1 is 1.21 bits per heavy atom. The monoisotopic (exact) mass is 403 g/mol. The van der Waals surface area contributed by atoms with Crippen LogP contribution in [0.15, 0.2) is 34.9 Å². The molecule has 1 N–H and O–H groups in total. The van der Waals surface area contributed by atoms with Crippen LogP contribution in [-0.4, -0.2) is 58.3 Å². The van der Waals surface area contributed by atoms with E-state index in [0.717, 1.165) is 48.8 Å². The number of likely N-dealkylation sites (tertiary alicyclic amines) is 2. The van der Waals surface area contributed by atoms with Crippen LogP contribution in [0.25, 0.3) is 0 Å². The lowest BCUT2D eigenvalue weighted by atomic mass is 9.94. The molecule has 1 aromatic carbocycles. The van der Waals surface area contributed by atoms with Gasteiger partial charge in [-0.2, -0.15) is 0 Å². The molecule has 1 atom stereocenters. The molecule has 7 heteroatoms. The second-order valence-electron chi connectivity index (χ2n) is 7.81. The van der Waals surface area contributed by atoms with Gasteiger partial charge in [0.05, 0.1) is 11.8 Å². The summed E-state index contributed by atoms with van der Waals surface area (Å²) in [5.74, 6) is 0.425. The fourth-order valence-electron chi connectivity index (χ4n) is 4.11. The fraction of sp³-hybridized carbons (Fsp3) is 0.524. The molecule has 4 rings (SSSR count). The molecule has 28 heavy (non-hydrogen) atoms. The molecule has 2 aromatic rings. The first kappa shape index (κ1) is 19.4. The minimum Gasteiger partial charge on any atom is -0.393 e. The largest absolute Gasteiger partial charge is 0.393 e. The molecule has 0 saturated carbocycles. The number of rotatable bonds is 4. The maximum Gasteiger partial charge on any atom is 0.292 e. The fourth-order valence-corrected chi connectivity index (χ4v) is 4.31. The zero-order valence-corrected chi connectivity index (χ0v) is 16.6. The topological polar surface area (TPSA) is 69.8 Å². The molecule has 1 aromatic heterocycles. The van der Waals surface area contributed by atoms with Crippen LogP contribution < -0.4 is 0 Å². The molecule has 2 aliphatic heterocycles. The molecule has 1 amide bonds. The smallest absolute Gasteiger partial charge is 0.292 e. The van der Waals surface area contributed by atoms with E-state index in [4.69, 9.17) is 16.1 Å². The van der Waals surface area contributed by atoms with Gasteiger partial charge in [-0.05, 0) is 43.9 Å². The zero-order valence-electron chi connectivity index (χ0n) is 15.9. The van der Waals surface area contributed by atoms with Gasteiger partial charge >= 0.3 is 0 Å².